The third-order valence-electron chi connectivity index (χ3n) is 3.10. The number of carbonyl (C=O) groups excluding carboxylic acids is 1. The summed E-state index contributed by atoms with van der Waals surface area (Å²) < 4.78 is 4.76. The van der Waals surface area contributed by atoms with Gasteiger partial charge in [0, 0.05) is 11.6 Å². The summed E-state index contributed by atoms with van der Waals surface area (Å²) in [5.74, 6) is 0.730. The molecule has 0 amide bonds. The molecule has 0 saturated carbocycles. The standard InChI is InChI=1S/C12H19ClO2/c1-12(2,3)10-6-4-9(5-7-10)8-15-11(13)14/h4,10H,5-8H2,1-3H3/t10-/m1/s1. The summed E-state index contributed by atoms with van der Waals surface area (Å²) in [5, 5.41) is 0. The number of rotatable bonds is 2. The first kappa shape index (κ1) is 12.6. The smallest absolute Gasteiger partial charge is 0.404 e. The SMILES string of the molecule is CC(C)(C)[C@@H]1CC=C(COC(=O)Cl)CC1. The van der Waals surface area contributed by atoms with Crippen LogP contribution < -0.4 is 0 Å². The Morgan fingerprint density at radius 1 is 1.60 bits per heavy atom. The second-order valence-electron chi connectivity index (χ2n) is 5.23. The lowest BCUT2D eigenvalue weighted by atomic mass is 9.73. The predicted molar refractivity (Wildman–Crippen MR) is 62.1 cm³/mol. The fourth-order valence-electron chi connectivity index (χ4n) is 1.96. The minimum atomic E-state index is -0.714. The summed E-state index contributed by atoms with van der Waals surface area (Å²) in [7, 11) is 0. The van der Waals surface area contributed by atoms with E-state index >= 15 is 0 Å². The fraction of sp³-hybridized carbons (Fsp3) is 0.750. The molecule has 0 unspecified atom stereocenters. The van der Waals surface area contributed by atoms with Crippen LogP contribution in [-0.2, 0) is 4.74 Å². The van der Waals surface area contributed by atoms with E-state index in [1.807, 2.05) is 0 Å². The zero-order valence-corrected chi connectivity index (χ0v) is 10.4. The number of hydrogen-bond donors (Lipinski definition) is 0. The molecule has 1 aliphatic rings. The van der Waals surface area contributed by atoms with E-state index in [1.54, 1.807) is 0 Å². The molecular weight excluding hydrogens is 212 g/mol. The number of carbonyl (C=O) groups is 1. The highest BCUT2D eigenvalue weighted by molar-refractivity contribution is 6.61. The van der Waals surface area contributed by atoms with E-state index in [-0.39, 0.29) is 0 Å². The Hall–Kier alpha value is -0.500. The van der Waals surface area contributed by atoms with Gasteiger partial charge in [0.15, 0.2) is 0 Å². The van der Waals surface area contributed by atoms with Crippen molar-refractivity contribution in [3.05, 3.63) is 11.6 Å². The first-order chi connectivity index (χ1) is 6.89. The third-order valence-corrected chi connectivity index (χ3v) is 3.21. The number of halogens is 1. The average Bonchev–Trinajstić information content (AvgIpc) is 2.14. The largest absolute Gasteiger partial charge is 0.449 e. The molecule has 0 saturated heterocycles. The van der Waals surface area contributed by atoms with E-state index in [4.69, 9.17) is 16.3 Å². The molecule has 86 valence electrons. The lowest BCUT2D eigenvalue weighted by Gasteiger charge is -2.33. The monoisotopic (exact) mass is 230 g/mol. The second-order valence-corrected chi connectivity index (χ2v) is 5.53. The summed E-state index contributed by atoms with van der Waals surface area (Å²) in [6.07, 6.45) is 5.47. The Morgan fingerprint density at radius 2 is 2.27 bits per heavy atom. The lowest BCUT2D eigenvalue weighted by Crippen LogP contribution is -2.22. The van der Waals surface area contributed by atoms with Crippen LogP contribution in [0.4, 0.5) is 4.79 Å². The maximum atomic E-state index is 10.4. The molecule has 0 aromatic heterocycles. The first-order valence-electron chi connectivity index (χ1n) is 5.40. The zero-order valence-electron chi connectivity index (χ0n) is 9.68. The van der Waals surface area contributed by atoms with Crippen LogP contribution in [0.5, 0.6) is 0 Å². The molecule has 1 rings (SSSR count). The minimum Gasteiger partial charge on any atom is -0.449 e. The third kappa shape index (κ3) is 4.25. The van der Waals surface area contributed by atoms with E-state index in [1.165, 1.54) is 12.0 Å². The fourth-order valence-corrected chi connectivity index (χ4v) is 2.01. The van der Waals surface area contributed by atoms with Crippen LogP contribution >= 0.6 is 11.6 Å². The molecule has 3 heteroatoms. The topological polar surface area (TPSA) is 26.3 Å². The van der Waals surface area contributed by atoms with Gasteiger partial charge in [-0.3, -0.25) is 0 Å². The zero-order chi connectivity index (χ0) is 11.5. The molecule has 0 spiro atoms. The van der Waals surface area contributed by atoms with E-state index in [2.05, 4.69) is 26.8 Å². The summed E-state index contributed by atoms with van der Waals surface area (Å²) in [4.78, 5) is 10.4. The van der Waals surface area contributed by atoms with Crippen LogP contribution in [0.15, 0.2) is 11.6 Å². The van der Waals surface area contributed by atoms with Crippen molar-refractivity contribution in [2.45, 2.75) is 40.0 Å². The van der Waals surface area contributed by atoms with Gasteiger partial charge in [-0.15, -0.1) is 0 Å². The van der Waals surface area contributed by atoms with Crippen molar-refractivity contribution in [3.63, 3.8) is 0 Å². The van der Waals surface area contributed by atoms with Crippen LogP contribution in [0.25, 0.3) is 0 Å². The summed E-state index contributed by atoms with van der Waals surface area (Å²) in [6, 6.07) is 0. The quantitative estimate of drug-likeness (QED) is 0.527. The molecule has 0 radical (unpaired) electrons. The average molecular weight is 231 g/mol. The highest BCUT2D eigenvalue weighted by Crippen LogP contribution is 2.37. The molecule has 15 heavy (non-hydrogen) atoms. The Balaban J connectivity index is 2.42. The maximum Gasteiger partial charge on any atom is 0.404 e. The maximum absolute atomic E-state index is 10.4. The molecule has 0 aromatic rings. The molecule has 2 nitrogen and oxygen atoms in total. The van der Waals surface area contributed by atoms with Crippen molar-refractivity contribution in [2.24, 2.45) is 11.3 Å². The first-order valence-corrected chi connectivity index (χ1v) is 5.77. The number of ether oxygens (including phenoxy) is 1. The normalized spacial score (nSPS) is 22.1. The molecule has 0 heterocycles. The molecule has 0 fully saturated rings. The highest BCUT2D eigenvalue weighted by atomic mass is 35.5. The Bertz CT molecular complexity index is 263. The molecule has 0 aliphatic heterocycles. The van der Waals surface area contributed by atoms with Crippen LogP contribution in [0.1, 0.15) is 40.0 Å². The number of allylic oxidation sites excluding steroid dienone is 1. The summed E-state index contributed by atoms with van der Waals surface area (Å²) in [5.41, 5.74) is 0.851. The van der Waals surface area contributed by atoms with Crippen LogP contribution in [0, 0.1) is 11.3 Å². The van der Waals surface area contributed by atoms with Crippen LogP contribution in [0.2, 0.25) is 0 Å². The van der Waals surface area contributed by atoms with Crippen molar-refractivity contribution in [1.29, 1.82) is 0 Å². The van der Waals surface area contributed by atoms with Gasteiger partial charge in [0.05, 0.1) is 0 Å². The van der Waals surface area contributed by atoms with E-state index in [0.29, 0.717) is 12.0 Å². The second kappa shape index (κ2) is 5.02. The highest BCUT2D eigenvalue weighted by Gasteiger charge is 2.26. The minimum absolute atomic E-state index is 0.360. The molecule has 0 N–H and O–H groups in total. The summed E-state index contributed by atoms with van der Waals surface area (Å²) in [6.45, 7) is 7.18. The van der Waals surface area contributed by atoms with Gasteiger partial charge in [-0.1, -0.05) is 26.8 Å². The van der Waals surface area contributed by atoms with Crippen molar-refractivity contribution >= 4 is 17.0 Å². The predicted octanol–water partition coefficient (Wildman–Crippen LogP) is 4.13. The van der Waals surface area contributed by atoms with E-state index in [9.17, 15) is 4.79 Å². The van der Waals surface area contributed by atoms with Crippen molar-refractivity contribution < 1.29 is 9.53 Å². The summed E-state index contributed by atoms with van der Waals surface area (Å²) >= 11 is 5.11. The van der Waals surface area contributed by atoms with E-state index < -0.39 is 5.43 Å². The Kier molecular flexibility index (Phi) is 4.21. The van der Waals surface area contributed by atoms with Crippen LogP contribution in [-0.4, -0.2) is 12.0 Å². The Morgan fingerprint density at radius 3 is 2.67 bits per heavy atom. The van der Waals surface area contributed by atoms with Gasteiger partial charge in [-0.05, 0) is 36.2 Å². The van der Waals surface area contributed by atoms with Gasteiger partial charge in [0.1, 0.15) is 6.61 Å². The van der Waals surface area contributed by atoms with Crippen LogP contribution in [0.3, 0.4) is 0 Å². The van der Waals surface area contributed by atoms with Gasteiger partial charge in [0.25, 0.3) is 0 Å². The number of hydrogen-bond acceptors (Lipinski definition) is 2. The van der Waals surface area contributed by atoms with Crippen molar-refractivity contribution in [2.75, 3.05) is 6.61 Å². The lowest BCUT2D eigenvalue weighted by molar-refractivity contribution is 0.177. The van der Waals surface area contributed by atoms with Crippen molar-refractivity contribution in [3.8, 4) is 0 Å². The van der Waals surface area contributed by atoms with Gasteiger partial charge in [0.2, 0.25) is 0 Å². The van der Waals surface area contributed by atoms with Crippen molar-refractivity contribution in [1.82, 2.24) is 0 Å². The molecule has 0 bridgehead atoms. The Labute approximate surface area is 96.6 Å². The van der Waals surface area contributed by atoms with Gasteiger partial charge < -0.3 is 4.74 Å². The molecule has 1 aliphatic carbocycles. The van der Waals surface area contributed by atoms with Gasteiger partial charge in [-0.2, -0.15) is 0 Å². The molecule has 1 atom stereocenters. The molecular formula is C12H19ClO2. The van der Waals surface area contributed by atoms with Gasteiger partial charge >= 0.3 is 5.43 Å². The molecule has 0 aromatic carbocycles. The van der Waals surface area contributed by atoms with E-state index in [0.717, 1.165) is 18.8 Å². The van der Waals surface area contributed by atoms with Gasteiger partial charge in [-0.25, -0.2) is 4.79 Å².